The van der Waals surface area contributed by atoms with E-state index in [0.29, 0.717) is 29.7 Å². The fraction of sp³-hybridized carbons (Fsp3) is 0.448. The summed E-state index contributed by atoms with van der Waals surface area (Å²) in [5.41, 5.74) is 1.51. The number of rotatable bonds is 11. The highest BCUT2D eigenvalue weighted by molar-refractivity contribution is 7.99. The number of hydrogen-bond donors (Lipinski definition) is 1. The molecule has 0 bridgehead atoms. The van der Waals surface area contributed by atoms with Crippen LogP contribution < -0.4 is 4.74 Å². The number of likely N-dealkylation sites (tertiary alicyclic amines) is 1. The van der Waals surface area contributed by atoms with E-state index < -0.39 is 17.7 Å². The molecule has 0 radical (unpaired) electrons. The molecule has 1 fully saturated rings. The van der Waals surface area contributed by atoms with Crippen molar-refractivity contribution in [2.75, 3.05) is 32.5 Å². The minimum absolute atomic E-state index is 0.0640. The molecule has 0 unspecified atom stereocenters. The van der Waals surface area contributed by atoms with E-state index in [4.69, 9.17) is 4.74 Å². The molecule has 0 saturated carbocycles. The summed E-state index contributed by atoms with van der Waals surface area (Å²) in [7, 11) is 1.65. The first kappa shape index (κ1) is 28.2. The molecular formula is C29H33F3N2O3S. The maximum atomic E-state index is 13.0. The summed E-state index contributed by atoms with van der Waals surface area (Å²) in [5.74, 6) is 1.07. The van der Waals surface area contributed by atoms with Gasteiger partial charge in [0.1, 0.15) is 5.75 Å². The summed E-state index contributed by atoms with van der Waals surface area (Å²) in [6, 6.07) is 13.3. The quantitative estimate of drug-likeness (QED) is 0.267. The predicted octanol–water partition coefficient (Wildman–Crippen LogP) is 6.79. The van der Waals surface area contributed by atoms with Crippen molar-refractivity contribution in [3.63, 3.8) is 0 Å². The number of fused-ring (bicyclic) bond motifs is 1. The van der Waals surface area contributed by atoms with Crippen LogP contribution >= 0.6 is 11.8 Å². The van der Waals surface area contributed by atoms with Crippen LogP contribution in [0.25, 0.3) is 10.9 Å². The van der Waals surface area contributed by atoms with Gasteiger partial charge in [0.2, 0.25) is 0 Å². The molecule has 1 aliphatic heterocycles. The van der Waals surface area contributed by atoms with E-state index in [0.717, 1.165) is 54.9 Å². The molecular weight excluding hydrogens is 513 g/mol. The van der Waals surface area contributed by atoms with Crippen molar-refractivity contribution in [1.29, 1.82) is 0 Å². The lowest BCUT2D eigenvalue weighted by Gasteiger charge is -2.38. The smallest absolute Gasteiger partial charge is 0.416 e. The molecule has 1 saturated heterocycles. The Balaban J connectivity index is 1.30. The lowest BCUT2D eigenvalue weighted by atomic mass is 9.80. The van der Waals surface area contributed by atoms with E-state index in [1.54, 1.807) is 13.2 Å². The van der Waals surface area contributed by atoms with Gasteiger partial charge < -0.3 is 14.7 Å². The molecule has 1 N–H and O–H groups in total. The Kier molecular flexibility index (Phi) is 9.54. The maximum absolute atomic E-state index is 13.0. The normalized spacial score (nSPS) is 18.5. The molecule has 1 aliphatic rings. The van der Waals surface area contributed by atoms with Crippen LogP contribution in [-0.4, -0.2) is 53.5 Å². The van der Waals surface area contributed by atoms with E-state index >= 15 is 0 Å². The lowest BCUT2D eigenvalue weighted by Crippen LogP contribution is -2.42. The third kappa shape index (κ3) is 7.63. The Hall–Kier alpha value is -2.78. The van der Waals surface area contributed by atoms with Gasteiger partial charge in [-0.05, 0) is 92.1 Å². The second-order valence-corrected chi connectivity index (χ2v) is 11.0. The maximum Gasteiger partial charge on any atom is 0.416 e. The van der Waals surface area contributed by atoms with Crippen LogP contribution in [0.15, 0.2) is 59.6 Å². The Morgan fingerprint density at radius 1 is 1.18 bits per heavy atom. The van der Waals surface area contributed by atoms with Crippen LogP contribution in [0.5, 0.6) is 5.75 Å². The number of aromatic nitrogens is 1. The summed E-state index contributed by atoms with van der Waals surface area (Å²) in [6.07, 6.45) is 1.35. The third-order valence-electron chi connectivity index (χ3n) is 7.31. The highest BCUT2D eigenvalue weighted by Crippen LogP contribution is 2.34. The number of methoxy groups -OCH3 is 1. The number of pyridine rings is 1. The third-order valence-corrected chi connectivity index (χ3v) is 8.28. The number of carboxylic acids is 1. The van der Waals surface area contributed by atoms with Crippen molar-refractivity contribution in [2.45, 2.75) is 43.2 Å². The molecule has 0 spiro atoms. The second-order valence-electron chi connectivity index (χ2n) is 9.83. The van der Waals surface area contributed by atoms with E-state index in [1.165, 1.54) is 29.5 Å². The van der Waals surface area contributed by atoms with Gasteiger partial charge in [-0.15, -0.1) is 11.8 Å². The average Bonchev–Trinajstić information content (AvgIpc) is 2.89. The number of halogens is 3. The zero-order chi connectivity index (χ0) is 27.1. The van der Waals surface area contributed by atoms with Crippen LogP contribution in [-0.2, 0) is 17.4 Å². The van der Waals surface area contributed by atoms with Crippen molar-refractivity contribution >= 4 is 28.6 Å². The van der Waals surface area contributed by atoms with E-state index in [1.807, 2.05) is 30.5 Å². The number of alkyl halides is 3. The number of aryl methyl sites for hydroxylation is 1. The first-order valence-electron chi connectivity index (χ1n) is 12.9. The van der Waals surface area contributed by atoms with Crippen molar-refractivity contribution in [2.24, 2.45) is 11.8 Å². The summed E-state index contributed by atoms with van der Waals surface area (Å²) in [6.45, 7) is 2.30. The number of carboxylic acid groups (broad SMARTS) is 1. The Bertz CT molecular complexity index is 1240. The van der Waals surface area contributed by atoms with Gasteiger partial charge in [0, 0.05) is 41.7 Å². The van der Waals surface area contributed by atoms with Crippen molar-refractivity contribution in [3.8, 4) is 5.75 Å². The first-order valence-corrected chi connectivity index (χ1v) is 13.9. The Labute approximate surface area is 225 Å². The summed E-state index contributed by atoms with van der Waals surface area (Å²) < 4.78 is 44.3. The molecule has 5 nitrogen and oxygen atoms in total. The molecule has 38 heavy (non-hydrogen) atoms. The molecule has 204 valence electrons. The second kappa shape index (κ2) is 12.8. The van der Waals surface area contributed by atoms with Crippen LogP contribution in [0, 0.1) is 11.8 Å². The minimum atomic E-state index is -4.35. The number of piperidine rings is 1. The minimum Gasteiger partial charge on any atom is -0.497 e. The number of aliphatic carboxylic acids is 1. The number of ether oxygens (including phenoxy) is 1. The average molecular weight is 547 g/mol. The summed E-state index contributed by atoms with van der Waals surface area (Å²) >= 11 is 1.40. The largest absolute Gasteiger partial charge is 0.497 e. The number of benzene rings is 2. The zero-order valence-corrected chi connectivity index (χ0v) is 22.2. The lowest BCUT2D eigenvalue weighted by molar-refractivity contribution is -0.139. The van der Waals surface area contributed by atoms with Gasteiger partial charge >= 0.3 is 12.1 Å². The number of thioether (sulfide) groups is 1. The van der Waals surface area contributed by atoms with E-state index in [-0.39, 0.29) is 12.3 Å². The number of nitrogens with zero attached hydrogens (tertiary/aromatic N) is 2. The van der Waals surface area contributed by atoms with Gasteiger partial charge in [-0.25, -0.2) is 0 Å². The van der Waals surface area contributed by atoms with Gasteiger partial charge in [-0.1, -0.05) is 6.07 Å². The molecule has 0 aliphatic carbocycles. The highest BCUT2D eigenvalue weighted by atomic mass is 32.2. The van der Waals surface area contributed by atoms with Gasteiger partial charge in [0.05, 0.1) is 18.2 Å². The topological polar surface area (TPSA) is 62.7 Å². The fourth-order valence-electron chi connectivity index (χ4n) is 5.33. The SMILES string of the molecule is COc1ccc2nccc(CCC[C@@H]3CCN(CCSc4cccc(C(F)(F)F)c4)C[C@@H]3CC(=O)O)c2c1. The molecule has 4 rings (SSSR count). The molecule has 2 aromatic carbocycles. The predicted molar refractivity (Wildman–Crippen MR) is 144 cm³/mol. The van der Waals surface area contributed by atoms with Gasteiger partial charge in [0.15, 0.2) is 0 Å². The summed E-state index contributed by atoms with van der Waals surface area (Å²) in [5, 5.41) is 10.6. The van der Waals surface area contributed by atoms with E-state index in [9.17, 15) is 23.1 Å². The fourth-order valence-corrected chi connectivity index (χ4v) is 6.30. The zero-order valence-electron chi connectivity index (χ0n) is 21.4. The highest BCUT2D eigenvalue weighted by Gasteiger charge is 2.31. The van der Waals surface area contributed by atoms with Crippen molar-refractivity contribution < 1.29 is 27.8 Å². The number of hydrogen-bond acceptors (Lipinski definition) is 5. The van der Waals surface area contributed by atoms with Crippen molar-refractivity contribution in [3.05, 3.63) is 65.9 Å². The van der Waals surface area contributed by atoms with Crippen LogP contribution in [0.4, 0.5) is 13.2 Å². The molecule has 0 amide bonds. The van der Waals surface area contributed by atoms with Crippen LogP contribution in [0.2, 0.25) is 0 Å². The van der Waals surface area contributed by atoms with Crippen LogP contribution in [0.1, 0.15) is 36.8 Å². The van der Waals surface area contributed by atoms with Crippen molar-refractivity contribution in [1.82, 2.24) is 9.88 Å². The van der Waals surface area contributed by atoms with Gasteiger partial charge in [-0.2, -0.15) is 13.2 Å². The monoisotopic (exact) mass is 546 g/mol. The molecule has 1 aromatic heterocycles. The first-order chi connectivity index (χ1) is 18.2. The molecule has 2 atom stereocenters. The standard InChI is InChI=1S/C29H33F3N2O3S/c1-37-24-8-9-27-26(18-24)21(10-12-33-27)5-2-4-20-11-13-34(19-22(20)16-28(35)36)14-15-38-25-7-3-6-23(17-25)29(30,31)32/h3,6-10,12,17-18,20,22H,2,4-5,11,13-16,19H2,1H3,(H,35,36)/t20-,22+/m1/s1. The van der Waals surface area contributed by atoms with E-state index in [2.05, 4.69) is 9.88 Å². The molecule has 2 heterocycles. The van der Waals surface area contributed by atoms with Crippen LogP contribution in [0.3, 0.4) is 0 Å². The molecule has 9 heteroatoms. The Morgan fingerprint density at radius 2 is 2.03 bits per heavy atom. The van der Waals surface area contributed by atoms with Gasteiger partial charge in [-0.3, -0.25) is 9.78 Å². The molecule has 3 aromatic rings. The number of carbonyl (C=O) groups is 1. The summed E-state index contributed by atoms with van der Waals surface area (Å²) in [4.78, 5) is 18.9. The Morgan fingerprint density at radius 3 is 2.79 bits per heavy atom. The van der Waals surface area contributed by atoms with Gasteiger partial charge in [0.25, 0.3) is 0 Å².